The number of hydrogen-bond acceptors (Lipinski definition) is 5. The van der Waals surface area contributed by atoms with Crippen molar-refractivity contribution in [2.24, 2.45) is 4.99 Å². The third kappa shape index (κ3) is 1.71. The molecular weight excluding hydrogens is 178 g/mol. The van der Waals surface area contributed by atoms with Crippen LogP contribution < -0.4 is 22.1 Å². The third-order valence-electron chi connectivity index (χ3n) is 2.00. The lowest BCUT2D eigenvalue weighted by atomic mass is 10.2. The molecule has 1 aliphatic rings. The van der Waals surface area contributed by atoms with Crippen molar-refractivity contribution in [3.05, 3.63) is 18.2 Å². The third-order valence-corrected chi connectivity index (χ3v) is 2.00. The quantitative estimate of drug-likeness (QED) is 0.478. The summed E-state index contributed by atoms with van der Waals surface area (Å²) >= 11 is 0. The number of guanidine groups is 1. The lowest BCUT2D eigenvalue weighted by molar-refractivity contribution is 0.959. The van der Waals surface area contributed by atoms with Gasteiger partial charge in [-0.05, 0) is 18.2 Å². The molecule has 0 radical (unpaired) electrons. The number of rotatable bonds is 1. The van der Waals surface area contributed by atoms with E-state index in [9.17, 15) is 0 Å². The van der Waals surface area contributed by atoms with Gasteiger partial charge in [-0.25, -0.2) is 0 Å². The zero-order valence-corrected chi connectivity index (χ0v) is 7.75. The predicted molar refractivity (Wildman–Crippen MR) is 59.2 cm³/mol. The fourth-order valence-corrected chi connectivity index (χ4v) is 1.30. The van der Waals surface area contributed by atoms with Gasteiger partial charge in [0, 0.05) is 12.2 Å². The van der Waals surface area contributed by atoms with Crippen LogP contribution in [0.1, 0.15) is 0 Å². The molecule has 0 fully saturated rings. The first-order chi connectivity index (χ1) is 6.75. The van der Waals surface area contributed by atoms with E-state index < -0.39 is 0 Å². The van der Waals surface area contributed by atoms with Crippen LogP contribution in [0.2, 0.25) is 0 Å². The summed E-state index contributed by atoms with van der Waals surface area (Å²) in [6, 6.07) is 5.36. The van der Waals surface area contributed by atoms with E-state index in [1.54, 1.807) is 12.1 Å². The number of hydrogen-bond donors (Lipinski definition) is 4. The largest absolute Gasteiger partial charge is 0.399 e. The minimum absolute atomic E-state index is 0.626. The number of benzene rings is 1. The van der Waals surface area contributed by atoms with Crippen LogP contribution in [0.3, 0.4) is 0 Å². The van der Waals surface area contributed by atoms with Crippen LogP contribution >= 0.6 is 0 Å². The van der Waals surface area contributed by atoms with Crippen LogP contribution in [0.4, 0.5) is 17.1 Å². The van der Waals surface area contributed by atoms with Crippen molar-refractivity contribution in [2.45, 2.75) is 0 Å². The summed E-state index contributed by atoms with van der Waals surface area (Å²) in [6.45, 7) is 1.68. The Balaban J connectivity index is 2.16. The monoisotopic (exact) mass is 191 g/mol. The molecule has 5 nitrogen and oxygen atoms in total. The Labute approximate surface area is 82.2 Å². The van der Waals surface area contributed by atoms with Gasteiger partial charge in [0.2, 0.25) is 0 Å². The van der Waals surface area contributed by atoms with Crippen LogP contribution in [-0.4, -0.2) is 19.0 Å². The average Bonchev–Trinajstić information content (AvgIpc) is 2.62. The summed E-state index contributed by atoms with van der Waals surface area (Å²) in [5, 5.41) is 6.19. The topological polar surface area (TPSA) is 88.5 Å². The summed E-state index contributed by atoms with van der Waals surface area (Å²) < 4.78 is 0. The van der Waals surface area contributed by atoms with Crippen molar-refractivity contribution in [2.75, 3.05) is 29.9 Å². The molecule has 1 heterocycles. The molecule has 6 N–H and O–H groups in total. The highest BCUT2D eigenvalue weighted by molar-refractivity contribution is 5.97. The molecule has 0 saturated heterocycles. The van der Waals surface area contributed by atoms with Gasteiger partial charge >= 0.3 is 0 Å². The second-order valence-electron chi connectivity index (χ2n) is 3.13. The van der Waals surface area contributed by atoms with Gasteiger partial charge in [0.25, 0.3) is 0 Å². The van der Waals surface area contributed by atoms with Crippen LogP contribution in [-0.2, 0) is 0 Å². The molecule has 0 spiro atoms. The first-order valence-corrected chi connectivity index (χ1v) is 4.46. The Morgan fingerprint density at radius 2 is 2.21 bits per heavy atom. The van der Waals surface area contributed by atoms with Gasteiger partial charge < -0.3 is 22.1 Å². The first-order valence-electron chi connectivity index (χ1n) is 4.46. The second-order valence-corrected chi connectivity index (χ2v) is 3.13. The maximum atomic E-state index is 5.77. The van der Waals surface area contributed by atoms with Crippen molar-refractivity contribution in [1.29, 1.82) is 0 Å². The predicted octanol–water partition coefficient (Wildman–Crippen LogP) is 0.222. The molecule has 14 heavy (non-hydrogen) atoms. The molecule has 1 aromatic carbocycles. The molecule has 0 amide bonds. The summed E-state index contributed by atoms with van der Waals surface area (Å²) in [4.78, 5) is 4.20. The Hall–Kier alpha value is -1.91. The number of nitrogen functional groups attached to an aromatic ring is 2. The normalized spacial score (nSPS) is 14.7. The van der Waals surface area contributed by atoms with Crippen molar-refractivity contribution >= 4 is 23.0 Å². The molecule has 5 heteroatoms. The average molecular weight is 191 g/mol. The molecule has 1 aromatic rings. The molecule has 74 valence electrons. The fourth-order valence-electron chi connectivity index (χ4n) is 1.30. The second kappa shape index (κ2) is 3.45. The molecular formula is C9H13N5. The molecule has 0 atom stereocenters. The fraction of sp³-hybridized carbons (Fsp3) is 0.222. The molecule has 0 unspecified atom stereocenters. The lowest BCUT2D eigenvalue weighted by Gasteiger charge is -2.09. The van der Waals surface area contributed by atoms with Gasteiger partial charge in [-0.2, -0.15) is 0 Å². The molecule has 0 bridgehead atoms. The standard InChI is InChI=1S/C9H13N5/c10-6-1-2-8(7(11)5-6)14-9-12-3-4-13-9/h1-2,5H,3-4,10-11H2,(H2,12,13,14). The summed E-state index contributed by atoms with van der Waals surface area (Å²) in [5.41, 5.74) is 13.5. The van der Waals surface area contributed by atoms with Crippen molar-refractivity contribution < 1.29 is 0 Å². The number of nitrogens with one attached hydrogen (secondary N) is 2. The van der Waals surface area contributed by atoms with Crippen LogP contribution in [0.5, 0.6) is 0 Å². The number of nitrogens with two attached hydrogens (primary N) is 2. The minimum Gasteiger partial charge on any atom is -0.399 e. The van der Waals surface area contributed by atoms with E-state index in [4.69, 9.17) is 11.5 Å². The zero-order valence-electron chi connectivity index (χ0n) is 7.75. The Bertz CT molecular complexity index is 371. The Kier molecular flexibility index (Phi) is 2.14. The van der Waals surface area contributed by atoms with Crippen molar-refractivity contribution in [3.8, 4) is 0 Å². The smallest absolute Gasteiger partial charge is 0.195 e. The van der Waals surface area contributed by atoms with Gasteiger partial charge in [-0.1, -0.05) is 0 Å². The van der Waals surface area contributed by atoms with Gasteiger partial charge in [0.1, 0.15) is 0 Å². The summed E-state index contributed by atoms with van der Waals surface area (Å²) in [6.07, 6.45) is 0. The Morgan fingerprint density at radius 1 is 1.36 bits per heavy atom. The van der Waals surface area contributed by atoms with Gasteiger partial charge in [0.05, 0.1) is 17.9 Å². The van der Waals surface area contributed by atoms with E-state index in [0.29, 0.717) is 11.4 Å². The minimum atomic E-state index is 0.626. The number of aliphatic imine (C=N–C) groups is 1. The zero-order chi connectivity index (χ0) is 9.97. The maximum Gasteiger partial charge on any atom is 0.195 e. The summed E-state index contributed by atoms with van der Waals surface area (Å²) in [5.74, 6) is 0.765. The first kappa shape index (κ1) is 8.68. The van der Waals surface area contributed by atoms with Crippen LogP contribution in [0, 0.1) is 0 Å². The van der Waals surface area contributed by atoms with E-state index >= 15 is 0 Å². The van der Waals surface area contributed by atoms with Crippen molar-refractivity contribution in [1.82, 2.24) is 5.32 Å². The number of anilines is 3. The highest BCUT2D eigenvalue weighted by Crippen LogP contribution is 2.20. The highest BCUT2D eigenvalue weighted by atomic mass is 15.2. The molecule has 0 aliphatic carbocycles. The van der Waals surface area contributed by atoms with E-state index in [0.717, 1.165) is 24.7 Å². The van der Waals surface area contributed by atoms with Crippen LogP contribution in [0.25, 0.3) is 0 Å². The van der Waals surface area contributed by atoms with Gasteiger partial charge in [0.15, 0.2) is 5.96 Å². The molecule has 1 aliphatic heterocycles. The van der Waals surface area contributed by atoms with Crippen molar-refractivity contribution in [3.63, 3.8) is 0 Å². The van der Waals surface area contributed by atoms with E-state index in [1.165, 1.54) is 0 Å². The number of nitrogens with zero attached hydrogens (tertiary/aromatic N) is 1. The molecule has 0 aromatic heterocycles. The van der Waals surface area contributed by atoms with E-state index in [1.807, 2.05) is 6.07 Å². The molecule has 0 saturated carbocycles. The van der Waals surface area contributed by atoms with E-state index in [2.05, 4.69) is 15.6 Å². The Morgan fingerprint density at radius 3 is 2.86 bits per heavy atom. The SMILES string of the molecule is Nc1ccc(NC2=NCCN2)c(N)c1. The van der Waals surface area contributed by atoms with Gasteiger partial charge in [-0.3, -0.25) is 4.99 Å². The lowest BCUT2D eigenvalue weighted by Crippen LogP contribution is -2.26. The summed E-state index contributed by atoms with van der Waals surface area (Å²) in [7, 11) is 0. The molecule has 2 rings (SSSR count). The van der Waals surface area contributed by atoms with E-state index in [-0.39, 0.29) is 0 Å². The maximum absolute atomic E-state index is 5.77. The van der Waals surface area contributed by atoms with Gasteiger partial charge in [-0.15, -0.1) is 0 Å². The van der Waals surface area contributed by atoms with Crippen LogP contribution in [0.15, 0.2) is 23.2 Å². The highest BCUT2D eigenvalue weighted by Gasteiger charge is 2.06.